The fourth-order valence-electron chi connectivity index (χ4n) is 5.17. The van der Waals surface area contributed by atoms with Gasteiger partial charge in [0.2, 0.25) is 0 Å². The van der Waals surface area contributed by atoms with Gasteiger partial charge in [0.25, 0.3) is 0 Å². The van der Waals surface area contributed by atoms with E-state index in [1.165, 1.54) is 30.6 Å². The molecule has 2 saturated heterocycles. The molecule has 2 aliphatic heterocycles. The second-order valence-electron chi connectivity index (χ2n) is 9.36. The van der Waals surface area contributed by atoms with Gasteiger partial charge in [-0.25, -0.2) is 4.79 Å². The van der Waals surface area contributed by atoms with Gasteiger partial charge in [-0.3, -0.25) is 4.90 Å². The molecule has 2 heterocycles. The van der Waals surface area contributed by atoms with Crippen molar-refractivity contribution in [2.24, 2.45) is 5.92 Å². The largest absolute Gasteiger partial charge is 0.373 e. The third-order valence-electron chi connectivity index (χ3n) is 6.64. The molecule has 1 aromatic carbocycles. The molecule has 0 bridgehead atoms. The summed E-state index contributed by atoms with van der Waals surface area (Å²) >= 11 is 1.94. The predicted octanol–water partition coefficient (Wildman–Crippen LogP) is 5.07. The lowest BCUT2D eigenvalue weighted by Gasteiger charge is -2.39. The lowest BCUT2D eigenvalue weighted by atomic mass is 9.96. The number of carbonyl (C=O) groups excluding carboxylic acids is 1. The van der Waals surface area contributed by atoms with Crippen LogP contribution in [0.3, 0.4) is 0 Å². The molecule has 0 radical (unpaired) electrons. The van der Waals surface area contributed by atoms with Crippen LogP contribution in [0.25, 0.3) is 0 Å². The molecule has 1 saturated carbocycles. The lowest BCUT2D eigenvalue weighted by molar-refractivity contribution is -0.0728. The van der Waals surface area contributed by atoms with Gasteiger partial charge in [-0.2, -0.15) is 0 Å². The van der Waals surface area contributed by atoms with Crippen molar-refractivity contribution < 1.29 is 9.53 Å². The Hall–Kier alpha value is -1.24. The molecule has 0 aromatic heterocycles. The molecule has 166 valence electrons. The Labute approximate surface area is 185 Å². The topological polar surface area (TPSA) is 44.8 Å². The summed E-state index contributed by atoms with van der Waals surface area (Å²) in [6, 6.07) is 8.34. The summed E-state index contributed by atoms with van der Waals surface area (Å²) < 4.78 is 5.86. The number of benzene rings is 1. The van der Waals surface area contributed by atoms with Gasteiger partial charge in [0, 0.05) is 42.9 Å². The SMILES string of the molecule is CC1CN(CC2CCN(C(=O)Nc3ccccc3SC3CCCC3)CC2)CC(C)O1. The van der Waals surface area contributed by atoms with E-state index in [-0.39, 0.29) is 6.03 Å². The van der Waals surface area contributed by atoms with Crippen molar-refractivity contribution >= 4 is 23.5 Å². The Balaban J connectivity index is 1.26. The first-order chi connectivity index (χ1) is 14.6. The molecular formula is C24H37N3O2S. The highest BCUT2D eigenvalue weighted by atomic mass is 32.2. The van der Waals surface area contributed by atoms with E-state index in [9.17, 15) is 4.79 Å². The standard InChI is InChI=1S/C24H37N3O2S/c1-18-15-26(16-19(2)29-18)17-20-11-13-27(14-12-20)24(28)25-22-9-5-6-10-23(22)30-21-7-3-4-8-21/h5-6,9-10,18-21H,3-4,7-8,11-17H2,1-2H3,(H,25,28). The summed E-state index contributed by atoms with van der Waals surface area (Å²) in [5.74, 6) is 0.678. The van der Waals surface area contributed by atoms with E-state index in [0.717, 1.165) is 51.3 Å². The molecule has 1 aromatic rings. The molecule has 2 atom stereocenters. The first-order valence-electron chi connectivity index (χ1n) is 11.8. The van der Waals surface area contributed by atoms with Crippen molar-refractivity contribution in [3.05, 3.63) is 24.3 Å². The van der Waals surface area contributed by atoms with E-state index < -0.39 is 0 Å². The maximum Gasteiger partial charge on any atom is 0.321 e. The fraction of sp³-hybridized carbons (Fsp3) is 0.708. The monoisotopic (exact) mass is 431 g/mol. The number of anilines is 1. The van der Waals surface area contributed by atoms with Crippen LogP contribution in [0.1, 0.15) is 52.4 Å². The van der Waals surface area contributed by atoms with Crippen LogP contribution in [0.4, 0.5) is 10.5 Å². The minimum Gasteiger partial charge on any atom is -0.373 e. The van der Waals surface area contributed by atoms with Gasteiger partial charge in [-0.05, 0) is 57.6 Å². The Morgan fingerprint density at radius 1 is 1.07 bits per heavy atom. The number of hydrogen-bond donors (Lipinski definition) is 1. The molecule has 2 amide bonds. The second kappa shape index (κ2) is 10.4. The highest BCUT2D eigenvalue weighted by molar-refractivity contribution is 8.00. The van der Waals surface area contributed by atoms with Crippen LogP contribution in [-0.4, -0.2) is 66.0 Å². The maximum absolute atomic E-state index is 12.9. The lowest BCUT2D eigenvalue weighted by Crippen LogP contribution is -2.49. The number of carbonyl (C=O) groups is 1. The number of nitrogens with one attached hydrogen (secondary N) is 1. The zero-order valence-electron chi connectivity index (χ0n) is 18.5. The van der Waals surface area contributed by atoms with Gasteiger partial charge >= 0.3 is 6.03 Å². The molecule has 0 spiro atoms. The Morgan fingerprint density at radius 3 is 2.43 bits per heavy atom. The van der Waals surface area contributed by atoms with Crippen molar-refractivity contribution in [3.8, 4) is 0 Å². The van der Waals surface area contributed by atoms with Gasteiger partial charge in [0.1, 0.15) is 0 Å². The van der Waals surface area contributed by atoms with E-state index in [1.807, 2.05) is 28.8 Å². The Morgan fingerprint density at radius 2 is 1.73 bits per heavy atom. The molecule has 3 fully saturated rings. The van der Waals surface area contributed by atoms with Crippen LogP contribution in [0.15, 0.2) is 29.2 Å². The first-order valence-corrected chi connectivity index (χ1v) is 12.6. The molecular weight excluding hydrogens is 394 g/mol. The van der Waals surface area contributed by atoms with E-state index in [0.29, 0.717) is 23.4 Å². The van der Waals surface area contributed by atoms with Crippen molar-refractivity contribution in [1.29, 1.82) is 0 Å². The van der Waals surface area contributed by atoms with E-state index in [4.69, 9.17) is 4.74 Å². The number of ether oxygens (including phenoxy) is 1. The second-order valence-corrected chi connectivity index (χ2v) is 10.7. The van der Waals surface area contributed by atoms with Crippen LogP contribution >= 0.6 is 11.8 Å². The predicted molar refractivity (Wildman–Crippen MR) is 124 cm³/mol. The third-order valence-corrected chi connectivity index (χ3v) is 8.05. The van der Waals surface area contributed by atoms with Crippen LogP contribution in [0.2, 0.25) is 0 Å². The number of amides is 2. The number of para-hydroxylation sites is 1. The minimum absolute atomic E-state index is 0.0570. The highest BCUT2D eigenvalue weighted by Gasteiger charge is 2.28. The molecule has 30 heavy (non-hydrogen) atoms. The number of piperidine rings is 1. The van der Waals surface area contributed by atoms with Gasteiger partial charge in [-0.15, -0.1) is 11.8 Å². The summed E-state index contributed by atoms with van der Waals surface area (Å²) in [4.78, 5) is 18.7. The molecule has 1 aliphatic carbocycles. The third kappa shape index (κ3) is 5.92. The summed E-state index contributed by atoms with van der Waals surface area (Å²) in [5, 5.41) is 3.90. The molecule has 3 aliphatic rings. The number of nitrogens with zero attached hydrogens (tertiary/aromatic N) is 2. The van der Waals surface area contributed by atoms with Crippen molar-refractivity contribution in [1.82, 2.24) is 9.80 Å². The molecule has 4 rings (SSSR count). The minimum atomic E-state index is 0.0570. The normalized spacial score (nSPS) is 26.8. The molecule has 1 N–H and O–H groups in total. The Bertz CT molecular complexity index is 691. The summed E-state index contributed by atoms with van der Waals surface area (Å²) in [6.07, 6.45) is 8.08. The van der Waals surface area contributed by atoms with Gasteiger partial charge < -0.3 is 15.0 Å². The van der Waals surface area contributed by atoms with Gasteiger partial charge in [0.15, 0.2) is 0 Å². The quantitative estimate of drug-likeness (QED) is 0.707. The maximum atomic E-state index is 12.9. The fourth-order valence-corrected chi connectivity index (χ4v) is 6.50. The van der Waals surface area contributed by atoms with Gasteiger partial charge in [0.05, 0.1) is 17.9 Å². The first kappa shape index (κ1) is 22.0. The number of hydrogen-bond acceptors (Lipinski definition) is 4. The van der Waals surface area contributed by atoms with E-state index in [1.54, 1.807) is 0 Å². The molecule has 2 unspecified atom stereocenters. The highest BCUT2D eigenvalue weighted by Crippen LogP contribution is 2.38. The van der Waals surface area contributed by atoms with Crippen molar-refractivity contribution in [3.63, 3.8) is 0 Å². The van der Waals surface area contributed by atoms with E-state index in [2.05, 4.69) is 36.2 Å². The summed E-state index contributed by atoms with van der Waals surface area (Å²) in [6.45, 7) is 9.22. The van der Waals surface area contributed by atoms with Gasteiger partial charge in [-0.1, -0.05) is 25.0 Å². The average Bonchev–Trinajstić information content (AvgIpc) is 3.22. The zero-order valence-corrected chi connectivity index (χ0v) is 19.3. The van der Waals surface area contributed by atoms with Crippen LogP contribution < -0.4 is 5.32 Å². The molecule has 5 nitrogen and oxygen atoms in total. The number of thioether (sulfide) groups is 1. The summed E-state index contributed by atoms with van der Waals surface area (Å²) in [5.41, 5.74) is 0.970. The molecule has 6 heteroatoms. The van der Waals surface area contributed by atoms with Crippen LogP contribution in [0.5, 0.6) is 0 Å². The zero-order chi connectivity index (χ0) is 20.9. The van der Waals surface area contributed by atoms with Crippen molar-refractivity contribution in [2.45, 2.75) is 74.7 Å². The summed E-state index contributed by atoms with van der Waals surface area (Å²) in [7, 11) is 0. The van der Waals surface area contributed by atoms with E-state index >= 15 is 0 Å². The van der Waals surface area contributed by atoms with Crippen LogP contribution in [0, 0.1) is 5.92 Å². The average molecular weight is 432 g/mol. The van der Waals surface area contributed by atoms with Crippen LogP contribution in [-0.2, 0) is 4.74 Å². The number of likely N-dealkylation sites (tertiary alicyclic amines) is 1. The Kier molecular flexibility index (Phi) is 7.60. The number of morpholine rings is 1. The number of urea groups is 1. The van der Waals surface area contributed by atoms with Crippen molar-refractivity contribution in [2.75, 3.05) is 38.0 Å². The smallest absolute Gasteiger partial charge is 0.321 e. The number of rotatable bonds is 5.